The standard InChI is InChI=1S/C14H18N4OS/c1-10(2)19-13-6-5-12(9-16-13)18-14(20)17-8-11-4-3-7-15-11/h3-7,9-10,15H,8H2,1-2H3,(H2,17,18,20). The van der Waals surface area contributed by atoms with Gasteiger partial charge in [-0.2, -0.15) is 0 Å². The molecular weight excluding hydrogens is 272 g/mol. The van der Waals surface area contributed by atoms with E-state index in [0.717, 1.165) is 11.4 Å². The van der Waals surface area contributed by atoms with E-state index >= 15 is 0 Å². The van der Waals surface area contributed by atoms with Crippen molar-refractivity contribution in [1.29, 1.82) is 0 Å². The molecule has 106 valence electrons. The van der Waals surface area contributed by atoms with Gasteiger partial charge in [-0.15, -0.1) is 0 Å². The first-order valence-corrected chi connectivity index (χ1v) is 6.84. The average Bonchev–Trinajstić information content (AvgIpc) is 2.91. The van der Waals surface area contributed by atoms with Gasteiger partial charge in [0.2, 0.25) is 5.88 Å². The second-order valence-electron chi connectivity index (χ2n) is 4.55. The molecule has 2 heterocycles. The molecule has 2 aromatic rings. The number of rotatable bonds is 5. The van der Waals surface area contributed by atoms with Crippen molar-refractivity contribution in [3.8, 4) is 5.88 Å². The predicted molar refractivity (Wildman–Crippen MR) is 83.9 cm³/mol. The number of anilines is 1. The van der Waals surface area contributed by atoms with E-state index in [4.69, 9.17) is 17.0 Å². The van der Waals surface area contributed by atoms with Gasteiger partial charge in [0.05, 0.1) is 24.5 Å². The maximum Gasteiger partial charge on any atom is 0.213 e. The molecule has 0 saturated heterocycles. The van der Waals surface area contributed by atoms with E-state index in [9.17, 15) is 0 Å². The molecule has 2 aromatic heterocycles. The highest BCUT2D eigenvalue weighted by atomic mass is 32.1. The summed E-state index contributed by atoms with van der Waals surface area (Å²) in [6.07, 6.45) is 3.69. The number of nitrogens with one attached hydrogen (secondary N) is 3. The molecule has 0 bridgehead atoms. The Morgan fingerprint density at radius 3 is 2.85 bits per heavy atom. The van der Waals surface area contributed by atoms with Crippen LogP contribution < -0.4 is 15.4 Å². The molecule has 0 aliphatic heterocycles. The number of pyridine rings is 1. The number of ether oxygens (including phenoxy) is 1. The van der Waals surface area contributed by atoms with Crippen molar-refractivity contribution >= 4 is 23.0 Å². The first-order valence-electron chi connectivity index (χ1n) is 6.43. The number of hydrogen-bond donors (Lipinski definition) is 3. The summed E-state index contributed by atoms with van der Waals surface area (Å²) in [6, 6.07) is 7.64. The SMILES string of the molecule is CC(C)Oc1ccc(NC(=S)NCc2ccc[nH]2)cn1. The molecule has 2 rings (SSSR count). The van der Waals surface area contributed by atoms with Crippen molar-refractivity contribution < 1.29 is 4.74 Å². The highest BCUT2D eigenvalue weighted by molar-refractivity contribution is 7.80. The third-order valence-electron chi connectivity index (χ3n) is 2.45. The van der Waals surface area contributed by atoms with Crippen LogP contribution in [0.2, 0.25) is 0 Å². The van der Waals surface area contributed by atoms with Crippen LogP contribution >= 0.6 is 12.2 Å². The summed E-state index contributed by atoms with van der Waals surface area (Å²) < 4.78 is 5.48. The molecule has 0 spiro atoms. The Bertz CT molecular complexity index is 537. The van der Waals surface area contributed by atoms with Gasteiger partial charge in [-0.05, 0) is 44.3 Å². The normalized spacial score (nSPS) is 10.3. The van der Waals surface area contributed by atoms with E-state index in [-0.39, 0.29) is 6.10 Å². The molecule has 20 heavy (non-hydrogen) atoms. The minimum atomic E-state index is 0.116. The fourth-order valence-electron chi connectivity index (χ4n) is 1.59. The van der Waals surface area contributed by atoms with Crippen molar-refractivity contribution in [2.75, 3.05) is 5.32 Å². The molecule has 0 radical (unpaired) electrons. The third kappa shape index (κ3) is 4.55. The quantitative estimate of drug-likeness (QED) is 0.739. The zero-order chi connectivity index (χ0) is 14.4. The van der Waals surface area contributed by atoms with Crippen molar-refractivity contribution in [2.45, 2.75) is 26.5 Å². The Balaban J connectivity index is 1.81. The van der Waals surface area contributed by atoms with Gasteiger partial charge in [0.25, 0.3) is 0 Å². The lowest BCUT2D eigenvalue weighted by atomic mass is 10.4. The van der Waals surface area contributed by atoms with Gasteiger partial charge in [-0.1, -0.05) is 0 Å². The molecule has 0 aromatic carbocycles. The highest BCUT2D eigenvalue weighted by Crippen LogP contribution is 2.12. The summed E-state index contributed by atoms with van der Waals surface area (Å²) in [4.78, 5) is 7.31. The van der Waals surface area contributed by atoms with Gasteiger partial charge >= 0.3 is 0 Å². The summed E-state index contributed by atoms with van der Waals surface area (Å²) >= 11 is 5.22. The second-order valence-corrected chi connectivity index (χ2v) is 4.96. The molecule has 0 amide bonds. The Morgan fingerprint density at radius 1 is 1.40 bits per heavy atom. The van der Waals surface area contributed by atoms with Gasteiger partial charge in [0, 0.05) is 18.0 Å². The number of hydrogen-bond acceptors (Lipinski definition) is 3. The van der Waals surface area contributed by atoms with Gasteiger partial charge in [0.1, 0.15) is 0 Å². The Morgan fingerprint density at radius 2 is 2.25 bits per heavy atom. The minimum absolute atomic E-state index is 0.116. The molecule has 0 aliphatic rings. The molecular formula is C14H18N4OS. The number of nitrogens with zero attached hydrogens (tertiary/aromatic N) is 1. The Hall–Kier alpha value is -2.08. The lowest BCUT2D eigenvalue weighted by molar-refractivity contribution is 0.232. The van der Waals surface area contributed by atoms with E-state index in [1.807, 2.05) is 44.3 Å². The largest absolute Gasteiger partial charge is 0.475 e. The zero-order valence-corrected chi connectivity index (χ0v) is 12.3. The summed E-state index contributed by atoms with van der Waals surface area (Å²) in [5.41, 5.74) is 1.90. The Kier molecular flexibility index (Phi) is 4.95. The molecule has 0 atom stereocenters. The first-order chi connectivity index (χ1) is 9.63. The summed E-state index contributed by atoms with van der Waals surface area (Å²) in [5, 5.41) is 6.74. The molecule has 0 aliphatic carbocycles. The van der Waals surface area contributed by atoms with Gasteiger partial charge < -0.3 is 20.4 Å². The number of H-pyrrole nitrogens is 1. The van der Waals surface area contributed by atoms with E-state index in [0.29, 0.717) is 17.5 Å². The smallest absolute Gasteiger partial charge is 0.213 e. The van der Waals surface area contributed by atoms with Crippen LogP contribution in [0, 0.1) is 0 Å². The molecule has 0 unspecified atom stereocenters. The highest BCUT2D eigenvalue weighted by Gasteiger charge is 2.01. The molecule has 3 N–H and O–H groups in total. The van der Waals surface area contributed by atoms with Crippen molar-refractivity contribution in [2.24, 2.45) is 0 Å². The van der Waals surface area contributed by atoms with E-state index < -0.39 is 0 Å². The molecule has 0 fully saturated rings. The van der Waals surface area contributed by atoms with Crippen LogP contribution in [0.5, 0.6) is 5.88 Å². The maximum absolute atomic E-state index is 5.48. The number of thiocarbonyl (C=S) groups is 1. The summed E-state index contributed by atoms with van der Waals surface area (Å²) in [5.74, 6) is 0.607. The van der Waals surface area contributed by atoms with Crippen molar-refractivity contribution in [3.05, 3.63) is 42.4 Å². The summed E-state index contributed by atoms with van der Waals surface area (Å²) in [6.45, 7) is 4.59. The van der Waals surface area contributed by atoms with Crippen LogP contribution in [0.4, 0.5) is 5.69 Å². The van der Waals surface area contributed by atoms with E-state index in [1.54, 1.807) is 6.20 Å². The van der Waals surface area contributed by atoms with Crippen molar-refractivity contribution in [1.82, 2.24) is 15.3 Å². The Labute approximate surface area is 123 Å². The van der Waals surface area contributed by atoms with Gasteiger partial charge in [-0.25, -0.2) is 4.98 Å². The van der Waals surface area contributed by atoms with Crippen LogP contribution in [-0.2, 0) is 6.54 Å². The molecule has 5 nitrogen and oxygen atoms in total. The van der Waals surface area contributed by atoms with Crippen LogP contribution in [0.3, 0.4) is 0 Å². The maximum atomic E-state index is 5.48. The van der Waals surface area contributed by atoms with Crippen LogP contribution in [-0.4, -0.2) is 21.2 Å². The predicted octanol–water partition coefficient (Wildman–Crippen LogP) is 2.68. The lowest BCUT2D eigenvalue weighted by Gasteiger charge is -2.11. The number of aromatic nitrogens is 2. The van der Waals surface area contributed by atoms with E-state index in [2.05, 4.69) is 20.6 Å². The third-order valence-corrected chi connectivity index (χ3v) is 2.70. The summed E-state index contributed by atoms with van der Waals surface area (Å²) in [7, 11) is 0. The zero-order valence-electron chi connectivity index (χ0n) is 11.5. The van der Waals surface area contributed by atoms with Crippen LogP contribution in [0.1, 0.15) is 19.5 Å². The first kappa shape index (κ1) is 14.3. The average molecular weight is 290 g/mol. The molecule has 0 saturated carbocycles. The van der Waals surface area contributed by atoms with Crippen LogP contribution in [0.25, 0.3) is 0 Å². The van der Waals surface area contributed by atoms with Gasteiger partial charge in [0.15, 0.2) is 5.11 Å². The van der Waals surface area contributed by atoms with Crippen molar-refractivity contribution in [3.63, 3.8) is 0 Å². The fourth-order valence-corrected chi connectivity index (χ4v) is 1.78. The van der Waals surface area contributed by atoms with Gasteiger partial charge in [-0.3, -0.25) is 0 Å². The van der Waals surface area contributed by atoms with E-state index in [1.165, 1.54) is 0 Å². The number of aromatic amines is 1. The second kappa shape index (κ2) is 6.91. The minimum Gasteiger partial charge on any atom is -0.475 e. The van der Waals surface area contributed by atoms with Crippen LogP contribution in [0.15, 0.2) is 36.7 Å². The topological polar surface area (TPSA) is 62.0 Å². The monoisotopic (exact) mass is 290 g/mol. The fraction of sp³-hybridized carbons (Fsp3) is 0.286. The lowest BCUT2D eigenvalue weighted by Crippen LogP contribution is -2.28. The molecule has 6 heteroatoms.